The van der Waals surface area contributed by atoms with Crippen LogP contribution in [0.15, 0.2) is 12.5 Å². The van der Waals surface area contributed by atoms with Crippen molar-refractivity contribution in [2.45, 2.75) is 53.4 Å². The number of rotatable bonds is 3. The van der Waals surface area contributed by atoms with Crippen LogP contribution in [-0.2, 0) is 5.41 Å². The van der Waals surface area contributed by atoms with Crippen LogP contribution in [0.1, 0.15) is 53.7 Å². The summed E-state index contributed by atoms with van der Waals surface area (Å²) in [6, 6.07) is 0. The molecule has 0 aromatic carbocycles. The van der Waals surface area contributed by atoms with Crippen LogP contribution in [0.25, 0.3) is 0 Å². The third-order valence-electron chi connectivity index (χ3n) is 3.52. The summed E-state index contributed by atoms with van der Waals surface area (Å²) in [5.74, 6) is 0.691. The van der Waals surface area contributed by atoms with Gasteiger partial charge in [0.2, 0.25) is 0 Å². The summed E-state index contributed by atoms with van der Waals surface area (Å²) in [7, 11) is 0. The lowest BCUT2D eigenvalue weighted by Crippen LogP contribution is -2.27. The Labute approximate surface area is 93.5 Å². The molecule has 1 unspecified atom stereocenters. The van der Waals surface area contributed by atoms with Gasteiger partial charge in [-0.2, -0.15) is 0 Å². The fourth-order valence-corrected chi connectivity index (χ4v) is 1.81. The standard InChI is InChI=1S/C13H24N2/c1-10(12(2,3)4)7-13(5,6)11-8-14-9-15-11/h8-10H,7H2,1-6H3,(H,14,15). The van der Waals surface area contributed by atoms with Crippen molar-refractivity contribution in [2.24, 2.45) is 11.3 Å². The number of nitrogens with one attached hydrogen (secondary N) is 1. The van der Waals surface area contributed by atoms with Crippen molar-refractivity contribution in [2.75, 3.05) is 0 Å². The molecule has 1 N–H and O–H groups in total. The van der Waals surface area contributed by atoms with E-state index in [-0.39, 0.29) is 5.41 Å². The van der Waals surface area contributed by atoms with Gasteiger partial charge in [0.1, 0.15) is 0 Å². The van der Waals surface area contributed by atoms with Gasteiger partial charge in [-0.05, 0) is 17.8 Å². The lowest BCUT2D eigenvalue weighted by Gasteiger charge is -2.34. The predicted molar refractivity (Wildman–Crippen MR) is 64.8 cm³/mol. The van der Waals surface area contributed by atoms with E-state index >= 15 is 0 Å². The minimum absolute atomic E-state index is 0.184. The van der Waals surface area contributed by atoms with Gasteiger partial charge in [-0.3, -0.25) is 0 Å². The number of aromatic nitrogens is 2. The van der Waals surface area contributed by atoms with Crippen molar-refractivity contribution in [3.05, 3.63) is 18.2 Å². The molecule has 15 heavy (non-hydrogen) atoms. The fourth-order valence-electron chi connectivity index (χ4n) is 1.81. The zero-order valence-electron chi connectivity index (χ0n) is 10.9. The maximum Gasteiger partial charge on any atom is 0.0921 e. The number of aromatic amines is 1. The third-order valence-corrected chi connectivity index (χ3v) is 3.52. The number of H-pyrrole nitrogens is 1. The van der Waals surface area contributed by atoms with Gasteiger partial charge in [0.25, 0.3) is 0 Å². The zero-order valence-corrected chi connectivity index (χ0v) is 10.9. The van der Waals surface area contributed by atoms with Gasteiger partial charge in [-0.1, -0.05) is 41.5 Å². The molecule has 0 aliphatic carbocycles. The molecule has 2 heteroatoms. The van der Waals surface area contributed by atoms with Crippen LogP contribution in [0.3, 0.4) is 0 Å². The van der Waals surface area contributed by atoms with Gasteiger partial charge >= 0.3 is 0 Å². The van der Waals surface area contributed by atoms with Gasteiger partial charge in [-0.25, -0.2) is 4.98 Å². The molecule has 0 amide bonds. The van der Waals surface area contributed by atoms with E-state index < -0.39 is 0 Å². The maximum atomic E-state index is 4.10. The Morgan fingerprint density at radius 3 is 2.27 bits per heavy atom. The van der Waals surface area contributed by atoms with Crippen LogP contribution in [-0.4, -0.2) is 9.97 Å². The van der Waals surface area contributed by atoms with Crippen LogP contribution in [0.2, 0.25) is 0 Å². The first-order valence-corrected chi connectivity index (χ1v) is 5.72. The number of hydrogen-bond donors (Lipinski definition) is 1. The Hall–Kier alpha value is -0.790. The molecule has 1 atom stereocenters. The topological polar surface area (TPSA) is 28.7 Å². The molecule has 0 spiro atoms. The molecule has 0 aliphatic heterocycles. The fraction of sp³-hybridized carbons (Fsp3) is 0.769. The number of nitrogens with zero attached hydrogens (tertiary/aromatic N) is 1. The lowest BCUT2D eigenvalue weighted by atomic mass is 9.71. The highest BCUT2D eigenvalue weighted by Crippen LogP contribution is 2.36. The minimum atomic E-state index is 0.184. The Morgan fingerprint density at radius 1 is 1.27 bits per heavy atom. The first-order chi connectivity index (χ1) is 6.73. The molecule has 0 saturated heterocycles. The van der Waals surface area contributed by atoms with Crippen LogP contribution >= 0.6 is 0 Å². The molecule has 1 aromatic rings. The van der Waals surface area contributed by atoms with Gasteiger partial charge < -0.3 is 4.98 Å². The summed E-state index contributed by atoms with van der Waals surface area (Å²) in [4.78, 5) is 7.33. The molecule has 0 aliphatic rings. The van der Waals surface area contributed by atoms with Crippen molar-refractivity contribution in [1.82, 2.24) is 9.97 Å². The molecular weight excluding hydrogens is 184 g/mol. The molecule has 86 valence electrons. The summed E-state index contributed by atoms with van der Waals surface area (Å²) >= 11 is 0. The maximum absolute atomic E-state index is 4.10. The molecule has 1 rings (SSSR count). The van der Waals surface area contributed by atoms with Crippen LogP contribution in [0.4, 0.5) is 0 Å². The first-order valence-electron chi connectivity index (χ1n) is 5.72. The normalized spacial score (nSPS) is 15.3. The van der Waals surface area contributed by atoms with E-state index in [0.29, 0.717) is 11.3 Å². The molecular formula is C13H24N2. The Morgan fingerprint density at radius 2 is 1.87 bits per heavy atom. The van der Waals surface area contributed by atoms with Crippen molar-refractivity contribution in [1.29, 1.82) is 0 Å². The second-order valence-electron chi connectivity index (χ2n) is 6.32. The monoisotopic (exact) mass is 208 g/mol. The highest BCUT2D eigenvalue weighted by molar-refractivity contribution is 5.10. The Kier molecular flexibility index (Phi) is 3.27. The smallest absolute Gasteiger partial charge is 0.0921 e. The lowest BCUT2D eigenvalue weighted by molar-refractivity contribution is 0.207. The molecule has 0 saturated carbocycles. The van der Waals surface area contributed by atoms with Crippen molar-refractivity contribution in [3.63, 3.8) is 0 Å². The molecule has 0 fully saturated rings. The van der Waals surface area contributed by atoms with Crippen LogP contribution in [0, 0.1) is 11.3 Å². The molecule has 0 bridgehead atoms. The van der Waals surface area contributed by atoms with E-state index in [1.54, 1.807) is 6.33 Å². The minimum Gasteiger partial charge on any atom is -0.348 e. The van der Waals surface area contributed by atoms with Gasteiger partial charge in [-0.15, -0.1) is 0 Å². The SMILES string of the molecule is CC(CC(C)(C)c1cnc[nH]1)C(C)(C)C. The van der Waals surface area contributed by atoms with E-state index in [2.05, 4.69) is 51.5 Å². The third kappa shape index (κ3) is 3.08. The van der Waals surface area contributed by atoms with Crippen LogP contribution in [0.5, 0.6) is 0 Å². The number of imidazole rings is 1. The van der Waals surface area contributed by atoms with E-state index in [4.69, 9.17) is 0 Å². The average Bonchev–Trinajstić information content (AvgIpc) is 2.52. The molecule has 1 heterocycles. The second-order valence-corrected chi connectivity index (χ2v) is 6.32. The van der Waals surface area contributed by atoms with Gasteiger partial charge in [0.05, 0.1) is 6.33 Å². The zero-order chi connectivity index (χ0) is 11.7. The van der Waals surface area contributed by atoms with E-state index in [1.165, 1.54) is 12.1 Å². The summed E-state index contributed by atoms with van der Waals surface area (Å²) in [6.07, 6.45) is 4.88. The number of hydrogen-bond acceptors (Lipinski definition) is 1. The van der Waals surface area contributed by atoms with E-state index in [9.17, 15) is 0 Å². The summed E-state index contributed by atoms with van der Waals surface area (Å²) in [5.41, 5.74) is 1.79. The molecule has 1 aromatic heterocycles. The van der Waals surface area contributed by atoms with Crippen molar-refractivity contribution < 1.29 is 0 Å². The van der Waals surface area contributed by atoms with Crippen LogP contribution < -0.4 is 0 Å². The van der Waals surface area contributed by atoms with E-state index in [0.717, 1.165) is 0 Å². The molecule has 0 radical (unpaired) electrons. The summed E-state index contributed by atoms with van der Waals surface area (Å²) in [6.45, 7) is 13.8. The Bertz CT molecular complexity index is 291. The second kappa shape index (κ2) is 3.99. The predicted octanol–water partition coefficient (Wildman–Crippen LogP) is 3.76. The quantitative estimate of drug-likeness (QED) is 0.805. The summed E-state index contributed by atoms with van der Waals surface area (Å²) in [5, 5.41) is 0. The Balaban J connectivity index is 2.73. The van der Waals surface area contributed by atoms with Crippen molar-refractivity contribution >= 4 is 0 Å². The highest BCUT2D eigenvalue weighted by Gasteiger charge is 2.29. The summed E-state index contributed by atoms with van der Waals surface area (Å²) < 4.78 is 0. The van der Waals surface area contributed by atoms with Gasteiger partial charge in [0.15, 0.2) is 0 Å². The van der Waals surface area contributed by atoms with Gasteiger partial charge in [0, 0.05) is 17.3 Å². The highest BCUT2D eigenvalue weighted by atomic mass is 14.9. The molecule has 2 nitrogen and oxygen atoms in total. The largest absolute Gasteiger partial charge is 0.348 e. The van der Waals surface area contributed by atoms with Crippen molar-refractivity contribution in [3.8, 4) is 0 Å². The van der Waals surface area contributed by atoms with E-state index in [1.807, 2.05) is 6.20 Å². The first kappa shape index (κ1) is 12.3. The average molecular weight is 208 g/mol.